The summed E-state index contributed by atoms with van der Waals surface area (Å²) in [4.78, 5) is 16.4. The highest BCUT2D eigenvalue weighted by Gasteiger charge is 2.35. The van der Waals surface area contributed by atoms with Gasteiger partial charge in [0.2, 0.25) is 15.9 Å². The van der Waals surface area contributed by atoms with Crippen molar-refractivity contribution in [2.24, 2.45) is 0 Å². The first-order valence-corrected chi connectivity index (χ1v) is 13.0. The number of hydrogen-bond donors (Lipinski definition) is 0. The maximum absolute atomic E-state index is 13.2. The zero-order chi connectivity index (χ0) is 20.7. The highest BCUT2D eigenvalue weighted by Crippen LogP contribution is 2.37. The summed E-state index contributed by atoms with van der Waals surface area (Å²) in [5.41, 5.74) is 3.69. The van der Waals surface area contributed by atoms with Gasteiger partial charge >= 0.3 is 0 Å². The molecule has 2 aromatic rings. The van der Waals surface area contributed by atoms with Crippen LogP contribution in [0.4, 0.5) is 0 Å². The number of thioether (sulfide) groups is 1. The van der Waals surface area contributed by atoms with Crippen LogP contribution in [-0.2, 0) is 34.1 Å². The van der Waals surface area contributed by atoms with Gasteiger partial charge in [-0.15, -0.1) is 11.8 Å². The van der Waals surface area contributed by atoms with Crippen LogP contribution in [0.15, 0.2) is 52.3 Å². The Balaban J connectivity index is 1.24. The number of aryl methyl sites for hydroxylation is 2. The first kappa shape index (κ1) is 20.1. The van der Waals surface area contributed by atoms with Crippen LogP contribution < -0.4 is 0 Å². The van der Waals surface area contributed by atoms with Crippen LogP contribution in [0, 0.1) is 0 Å². The predicted molar refractivity (Wildman–Crippen MR) is 118 cm³/mol. The quantitative estimate of drug-likeness (QED) is 0.733. The van der Waals surface area contributed by atoms with E-state index in [1.807, 2.05) is 29.2 Å². The smallest absolute Gasteiger partial charge is 0.243 e. The molecule has 0 radical (unpaired) electrons. The lowest BCUT2D eigenvalue weighted by Gasteiger charge is -2.35. The van der Waals surface area contributed by atoms with Crippen LogP contribution in [-0.4, -0.2) is 55.0 Å². The molecule has 3 aliphatic rings. The van der Waals surface area contributed by atoms with Crippen LogP contribution in [0.2, 0.25) is 0 Å². The summed E-state index contributed by atoms with van der Waals surface area (Å²) in [5, 5.41) is -0.0915. The van der Waals surface area contributed by atoms with Gasteiger partial charge in [0, 0.05) is 31.1 Å². The van der Waals surface area contributed by atoms with Gasteiger partial charge < -0.3 is 4.90 Å². The van der Waals surface area contributed by atoms with Crippen molar-refractivity contribution in [2.45, 2.75) is 47.1 Å². The highest BCUT2D eigenvalue weighted by molar-refractivity contribution is 8.01. The molecule has 2 aromatic carbocycles. The molecule has 1 unspecified atom stereocenters. The van der Waals surface area contributed by atoms with Gasteiger partial charge in [-0.25, -0.2) is 8.42 Å². The van der Waals surface area contributed by atoms with Crippen molar-refractivity contribution in [2.75, 3.05) is 26.2 Å². The number of fused-ring (bicyclic) bond motifs is 2. The molecule has 1 saturated heterocycles. The van der Waals surface area contributed by atoms with Crippen molar-refractivity contribution >= 4 is 27.7 Å². The molecule has 1 fully saturated rings. The highest BCUT2D eigenvalue weighted by atomic mass is 32.2. The van der Waals surface area contributed by atoms with Gasteiger partial charge in [-0.3, -0.25) is 4.79 Å². The Bertz CT molecular complexity index is 1050. The van der Waals surface area contributed by atoms with E-state index in [0.29, 0.717) is 31.1 Å². The van der Waals surface area contributed by atoms with Crippen molar-refractivity contribution in [3.63, 3.8) is 0 Å². The topological polar surface area (TPSA) is 57.7 Å². The summed E-state index contributed by atoms with van der Waals surface area (Å²) in [6.45, 7) is 1.62. The van der Waals surface area contributed by atoms with Gasteiger partial charge in [0.1, 0.15) is 0 Å². The maximum atomic E-state index is 13.2. The van der Waals surface area contributed by atoms with E-state index in [1.165, 1.54) is 32.3 Å². The molecule has 7 heteroatoms. The molecular weight excluding hydrogens is 416 g/mol. The van der Waals surface area contributed by atoms with Gasteiger partial charge in [-0.2, -0.15) is 4.31 Å². The standard InChI is InChI=1S/C23H26N2O3S2/c26-23(22-16-19-7-3-4-8-21(19)29-22)24-11-13-25(14-12-24)30(27,28)20-10-9-17-5-1-2-6-18(17)15-20/h3-4,7-10,15,22H,1-2,5-6,11-14,16H2. The van der Waals surface area contributed by atoms with Gasteiger partial charge in [0.05, 0.1) is 10.1 Å². The molecule has 0 aromatic heterocycles. The van der Waals surface area contributed by atoms with E-state index in [9.17, 15) is 13.2 Å². The number of benzene rings is 2. The van der Waals surface area contributed by atoms with Crippen molar-refractivity contribution in [3.8, 4) is 0 Å². The fourth-order valence-corrected chi connectivity index (χ4v) is 7.44. The summed E-state index contributed by atoms with van der Waals surface area (Å²) >= 11 is 1.63. The van der Waals surface area contributed by atoms with Crippen molar-refractivity contribution in [1.29, 1.82) is 0 Å². The summed E-state index contributed by atoms with van der Waals surface area (Å²) in [6.07, 6.45) is 5.06. The zero-order valence-corrected chi connectivity index (χ0v) is 18.6. The molecule has 158 valence electrons. The Labute approximate surface area is 182 Å². The van der Waals surface area contributed by atoms with Crippen LogP contribution in [0.1, 0.15) is 29.5 Å². The number of nitrogens with zero attached hydrogens (tertiary/aromatic N) is 2. The summed E-state index contributed by atoms with van der Waals surface area (Å²) in [7, 11) is -3.52. The summed E-state index contributed by atoms with van der Waals surface area (Å²) < 4.78 is 27.9. The second kappa shape index (κ2) is 8.02. The molecular formula is C23H26N2O3S2. The minimum Gasteiger partial charge on any atom is -0.339 e. The minimum absolute atomic E-state index is 0.0915. The van der Waals surface area contributed by atoms with Crippen LogP contribution >= 0.6 is 11.8 Å². The minimum atomic E-state index is -3.52. The Hall–Kier alpha value is -1.83. The normalized spacial score (nSPS) is 21.9. The third-order valence-corrected chi connectivity index (χ3v) is 9.63. The van der Waals surface area contributed by atoms with Crippen LogP contribution in [0.3, 0.4) is 0 Å². The summed E-state index contributed by atoms with van der Waals surface area (Å²) in [5.74, 6) is 0.127. The molecule has 0 bridgehead atoms. The van der Waals surface area contributed by atoms with Gasteiger partial charge in [-0.05, 0) is 67.0 Å². The maximum Gasteiger partial charge on any atom is 0.243 e. The first-order valence-electron chi connectivity index (χ1n) is 10.7. The van der Waals surface area contributed by atoms with Crippen molar-refractivity contribution in [3.05, 3.63) is 59.2 Å². The number of hydrogen-bond acceptors (Lipinski definition) is 4. The predicted octanol–water partition coefficient (Wildman–Crippen LogP) is 3.12. The molecule has 1 aliphatic carbocycles. The summed E-state index contributed by atoms with van der Waals surface area (Å²) in [6, 6.07) is 13.8. The molecule has 0 N–H and O–H groups in total. The van der Waals surface area contributed by atoms with Crippen molar-refractivity contribution in [1.82, 2.24) is 9.21 Å². The SMILES string of the molecule is O=C(C1Cc2ccccc2S1)N1CCN(S(=O)(=O)c2ccc3c(c2)CCCC3)CC1. The number of piperazine rings is 1. The molecule has 1 amide bonds. The number of sulfonamides is 1. The largest absolute Gasteiger partial charge is 0.339 e. The Morgan fingerprint density at radius 3 is 2.40 bits per heavy atom. The number of rotatable bonds is 3. The van der Waals surface area contributed by atoms with E-state index in [4.69, 9.17) is 0 Å². The Morgan fingerprint density at radius 2 is 1.63 bits per heavy atom. The van der Waals surface area contributed by atoms with E-state index >= 15 is 0 Å². The van der Waals surface area contributed by atoms with Crippen LogP contribution in [0.5, 0.6) is 0 Å². The molecule has 5 nitrogen and oxygen atoms in total. The van der Waals surface area contributed by atoms with Gasteiger partial charge in [0.15, 0.2) is 0 Å². The van der Waals surface area contributed by atoms with E-state index in [-0.39, 0.29) is 11.2 Å². The van der Waals surface area contributed by atoms with E-state index in [2.05, 4.69) is 12.1 Å². The third-order valence-electron chi connectivity index (χ3n) is 6.43. The molecule has 2 aliphatic heterocycles. The monoisotopic (exact) mass is 442 g/mol. The average Bonchev–Trinajstić information content (AvgIpc) is 3.22. The molecule has 0 saturated carbocycles. The number of carbonyl (C=O) groups excluding carboxylic acids is 1. The van der Waals surface area contributed by atoms with Gasteiger partial charge in [0.25, 0.3) is 0 Å². The lowest BCUT2D eigenvalue weighted by molar-refractivity contribution is -0.131. The van der Waals surface area contributed by atoms with E-state index in [1.54, 1.807) is 17.8 Å². The molecule has 5 rings (SSSR count). The molecule has 2 heterocycles. The van der Waals surface area contributed by atoms with E-state index in [0.717, 1.165) is 25.7 Å². The third kappa shape index (κ3) is 3.67. The molecule has 1 atom stereocenters. The Kier molecular flexibility index (Phi) is 5.37. The molecule has 30 heavy (non-hydrogen) atoms. The molecule has 0 spiro atoms. The number of carbonyl (C=O) groups is 1. The fourth-order valence-electron chi connectivity index (χ4n) is 4.69. The average molecular weight is 443 g/mol. The van der Waals surface area contributed by atoms with Gasteiger partial charge in [-0.1, -0.05) is 24.3 Å². The lowest BCUT2D eigenvalue weighted by atomic mass is 9.92. The first-order chi connectivity index (χ1) is 14.5. The Morgan fingerprint density at radius 1 is 0.900 bits per heavy atom. The lowest BCUT2D eigenvalue weighted by Crippen LogP contribution is -2.52. The van der Waals surface area contributed by atoms with Crippen LogP contribution in [0.25, 0.3) is 0 Å². The zero-order valence-electron chi connectivity index (χ0n) is 16.9. The van der Waals surface area contributed by atoms with E-state index < -0.39 is 10.0 Å². The second-order valence-corrected chi connectivity index (χ2v) is 11.5. The van der Waals surface area contributed by atoms with Crippen molar-refractivity contribution < 1.29 is 13.2 Å². The fraction of sp³-hybridized carbons (Fsp3) is 0.435. The second-order valence-electron chi connectivity index (χ2n) is 8.29. The number of amides is 1.